The van der Waals surface area contributed by atoms with Crippen LogP contribution in [0.25, 0.3) is 0 Å². The van der Waals surface area contributed by atoms with Crippen LogP contribution in [0.15, 0.2) is 42.5 Å². The van der Waals surface area contributed by atoms with E-state index in [4.69, 9.17) is 0 Å². The topological polar surface area (TPSA) is 72.7 Å². The van der Waals surface area contributed by atoms with Crippen molar-refractivity contribution in [3.05, 3.63) is 53.6 Å². The second-order valence-corrected chi connectivity index (χ2v) is 4.51. The van der Waals surface area contributed by atoms with Crippen LogP contribution in [0.3, 0.4) is 0 Å². The lowest BCUT2D eigenvalue weighted by atomic mass is 10.1. The van der Waals surface area contributed by atoms with Crippen molar-refractivity contribution in [3.63, 3.8) is 0 Å². The van der Waals surface area contributed by atoms with Gasteiger partial charge >= 0.3 is 0 Å². The Bertz CT molecular complexity index is 552. The van der Waals surface area contributed by atoms with E-state index in [1.165, 1.54) is 12.1 Å². The quantitative estimate of drug-likeness (QED) is 0.637. The molecular weight excluding hydrogens is 242 g/mol. The minimum atomic E-state index is -0.0964. The Labute approximate surface area is 112 Å². The van der Waals surface area contributed by atoms with Gasteiger partial charge in [0.2, 0.25) is 0 Å². The summed E-state index contributed by atoms with van der Waals surface area (Å²) in [6.07, 6.45) is 0. The number of phenolic OH excluding ortho intramolecular Hbond substituents is 3. The van der Waals surface area contributed by atoms with Gasteiger partial charge in [-0.1, -0.05) is 12.1 Å². The zero-order valence-electron chi connectivity index (χ0n) is 10.7. The van der Waals surface area contributed by atoms with Crippen molar-refractivity contribution in [2.24, 2.45) is 0 Å². The van der Waals surface area contributed by atoms with Crippen LogP contribution in [0.1, 0.15) is 24.1 Å². The SMILES string of the molecule is CC(NCc1ccc(O)cc1)c1cc(O)ccc1O. The number of hydrogen-bond acceptors (Lipinski definition) is 4. The first-order valence-electron chi connectivity index (χ1n) is 6.09. The highest BCUT2D eigenvalue weighted by Crippen LogP contribution is 2.27. The summed E-state index contributed by atoms with van der Waals surface area (Å²) in [7, 11) is 0. The predicted molar refractivity (Wildman–Crippen MR) is 73.1 cm³/mol. The lowest BCUT2D eigenvalue weighted by Gasteiger charge is -2.16. The molecule has 0 aliphatic heterocycles. The van der Waals surface area contributed by atoms with E-state index in [1.54, 1.807) is 18.2 Å². The van der Waals surface area contributed by atoms with Crippen molar-refractivity contribution in [1.29, 1.82) is 0 Å². The molecule has 0 spiro atoms. The summed E-state index contributed by atoms with van der Waals surface area (Å²) in [6, 6.07) is 11.3. The second-order valence-electron chi connectivity index (χ2n) is 4.51. The molecule has 0 saturated heterocycles. The van der Waals surface area contributed by atoms with Crippen LogP contribution >= 0.6 is 0 Å². The maximum atomic E-state index is 9.75. The van der Waals surface area contributed by atoms with E-state index in [0.717, 1.165) is 5.56 Å². The molecule has 4 N–H and O–H groups in total. The Balaban J connectivity index is 2.03. The Morgan fingerprint density at radius 1 is 0.947 bits per heavy atom. The van der Waals surface area contributed by atoms with E-state index < -0.39 is 0 Å². The highest BCUT2D eigenvalue weighted by molar-refractivity contribution is 5.40. The molecule has 0 fully saturated rings. The number of hydrogen-bond donors (Lipinski definition) is 4. The van der Waals surface area contributed by atoms with Gasteiger partial charge in [-0.15, -0.1) is 0 Å². The summed E-state index contributed by atoms with van der Waals surface area (Å²) < 4.78 is 0. The zero-order chi connectivity index (χ0) is 13.8. The smallest absolute Gasteiger partial charge is 0.120 e. The van der Waals surface area contributed by atoms with Gasteiger partial charge in [-0.3, -0.25) is 0 Å². The summed E-state index contributed by atoms with van der Waals surface area (Å²) >= 11 is 0. The molecule has 0 heterocycles. The second kappa shape index (κ2) is 5.63. The van der Waals surface area contributed by atoms with Crippen LogP contribution in [0.5, 0.6) is 17.2 Å². The highest BCUT2D eigenvalue weighted by atomic mass is 16.3. The molecule has 0 aliphatic carbocycles. The maximum absolute atomic E-state index is 9.75. The van der Waals surface area contributed by atoms with Gasteiger partial charge in [-0.05, 0) is 42.8 Å². The highest BCUT2D eigenvalue weighted by Gasteiger charge is 2.10. The number of nitrogens with one attached hydrogen (secondary N) is 1. The fourth-order valence-corrected chi connectivity index (χ4v) is 1.88. The number of phenols is 3. The van der Waals surface area contributed by atoms with Gasteiger partial charge in [0, 0.05) is 18.2 Å². The Kier molecular flexibility index (Phi) is 3.92. The van der Waals surface area contributed by atoms with Crippen molar-refractivity contribution < 1.29 is 15.3 Å². The lowest BCUT2D eigenvalue weighted by Crippen LogP contribution is -2.18. The third-order valence-electron chi connectivity index (χ3n) is 3.03. The van der Waals surface area contributed by atoms with E-state index in [2.05, 4.69) is 5.32 Å². The van der Waals surface area contributed by atoms with Gasteiger partial charge in [-0.25, -0.2) is 0 Å². The van der Waals surface area contributed by atoms with Crippen LogP contribution in [0.2, 0.25) is 0 Å². The van der Waals surface area contributed by atoms with Crippen LogP contribution in [0.4, 0.5) is 0 Å². The van der Waals surface area contributed by atoms with Gasteiger partial charge in [0.25, 0.3) is 0 Å². The van der Waals surface area contributed by atoms with Gasteiger partial charge in [0.05, 0.1) is 0 Å². The van der Waals surface area contributed by atoms with E-state index >= 15 is 0 Å². The van der Waals surface area contributed by atoms with E-state index in [0.29, 0.717) is 12.1 Å². The molecule has 4 heteroatoms. The fraction of sp³-hybridized carbons (Fsp3) is 0.200. The van der Waals surface area contributed by atoms with Crippen LogP contribution in [0, 0.1) is 0 Å². The van der Waals surface area contributed by atoms with Crippen LogP contribution < -0.4 is 5.32 Å². The number of rotatable bonds is 4. The molecule has 2 rings (SSSR count). The molecule has 0 amide bonds. The molecule has 1 unspecified atom stereocenters. The van der Waals surface area contributed by atoms with Gasteiger partial charge in [0.15, 0.2) is 0 Å². The molecule has 2 aromatic carbocycles. The first-order valence-corrected chi connectivity index (χ1v) is 6.09. The number of benzene rings is 2. The summed E-state index contributed by atoms with van der Waals surface area (Å²) in [5.74, 6) is 0.525. The molecule has 0 aliphatic rings. The normalized spacial score (nSPS) is 12.3. The molecule has 0 bridgehead atoms. The zero-order valence-corrected chi connectivity index (χ0v) is 10.7. The van der Waals surface area contributed by atoms with Crippen molar-refractivity contribution in [1.82, 2.24) is 5.32 Å². The van der Waals surface area contributed by atoms with Crippen molar-refractivity contribution in [2.45, 2.75) is 19.5 Å². The lowest BCUT2D eigenvalue weighted by molar-refractivity contribution is 0.440. The first kappa shape index (κ1) is 13.2. The van der Waals surface area contributed by atoms with Gasteiger partial charge < -0.3 is 20.6 Å². The first-order chi connectivity index (χ1) is 9.06. The molecular formula is C15H17NO3. The van der Waals surface area contributed by atoms with Gasteiger partial charge in [0.1, 0.15) is 17.2 Å². The van der Waals surface area contributed by atoms with E-state index in [-0.39, 0.29) is 23.3 Å². The minimum Gasteiger partial charge on any atom is -0.508 e. The van der Waals surface area contributed by atoms with Crippen LogP contribution in [-0.4, -0.2) is 15.3 Å². The summed E-state index contributed by atoms with van der Waals surface area (Å²) in [5, 5.41) is 31.6. The Hall–Kier alpha value is -2.20. The monoisotopic (exact) mass is 259 g/mol. The summed E-state index contributed by atoms with van der Waals surface area (Å²) in [4.78, 5) is 0. The third kappa shape index (κ3) is 3.39. The number of aromatic hydroxyl groups is 3. The maximum Gasteiger partial charge on any atom is 0.120 e. The van der Waals surface area contributed by atoms with Crippen LogP contribution in [-0.2, 0) is 6.54 Å². The fourth-order valence-electron chi connectivity index (χ4n) is 1.88. The van der Waals surface area contributed by atoms with Crippen molar-refractivity contribution >= 4 is 0 Å². The van der Waals surface area contributed by atoms with Gasteiger partial charge in [-0.2, -0.15) is 0 Å². The molecule has 0 aromatic heterocycles. The van der Waals surface area contributed by atoms with E-state index in [1.807, 2.05) is 19.1 Å². The minimum absolute atomic E-state index is 0.0964. The average Bonchev–Trinajstić information content (AvgIpc) is 2.40. The molecule has 100 valence electrons. The predicted octanol–water partition coefficient (Wildman–Crippen LogP) is 2.65. The molecule has 0 radical (unpaired) electrons. The third-order valence-corrected chi connectivity index (χ3v) is 3.03. The largest absolute Gasteiger partial charge is 0.508 e. The summed E-state index contributed by atoms with van der Waals surface area (Å²) in [6.45, 7) is 2.52. The van der Waals surface area contributed by atoms with Crippen molar-refractivity contribution in [2.75, 3.05) is 0 Å². The Morgan fingerprint density at radius 2 is 1.58 bits per heavy atom. The standard InChI is InChI=1S/C15H17NO3/c1-10(14-8-13(18)6-7-15(14)19)16-9-11-2-4-12(17)5-3-11/h2-8,10,16-19H,9H2,1H3. The molecule has 0 saturated carbocycles. The van der Waals surface area contributed by atoms with E-state index in [9.17, 15) is 15.3 Å². The summed E-state index contributed by atoms with van der Waals surface area (Å²) in [5.41, 5.74) is 1.68. The van der Waals surface area contributed by atoms with Crippen molar-refractivity contribution in [3.8, 4) is 17.2 Å². The molecule has 4 nitrogen and oxygen atoms in total. The average molecular weight is 259 g/mol. The molecule has 2 aromatic rings. The Morgan fingerprint density at radius 3 is 2.26 bits per heavy atom. The molecule has 1 atom stereocenters. The molecule has 19 heavy (non-hydrogen) atoms.